The summed E-state index contributed by atoms with van der Waals surface area (Å²) in [6.07, 6.45) is 3.08. The molecule has 0 aliphatic heterocycles. The molecule has 0 saturated heterocycles. The number of anilines is 1. The normalized spacial score (nSPS) is 11.6. The van der Waals surface area contributed by atoms with Crippen LogP contribution in [0.4, 0.5) is 5.82 Å². The first kappa shape index (κ1) is 13.3. The molecule has 0 amide bonds. The first-order valence-corrected chi connectivity index (χ1v) is 8.70. The number of hydrogen-bond acceptors (Lipinski definition) is 7. The molecule has 5 nitrogen and oxygen atoms in total. The number of thiophene rings is 1. The SMILES string of the molecule is CSc1ncc(S(=O)(=O)Cc2cccs2)c(N)n1. The fourth-order valence-corrected chi connectivity index (χ4v) is 4.14. The van der Waals surface area contributed by atoms with Crippen LogP contribution < -0.4 is 5.73 Å². The molecule has 0 spiro atoms. The van der Waals surface area contributed by atoms with Gasteiger partial charge in [-0.3, -0.25) is 0 Å². The van der Waals surface area contributed by atoms with Crippen molar-refractivity contribution < 1.29 is 8.42 Å². The Morgan fingerprint density at radius 3 is 2.83 bits per heavy atom. The zero-order valence-corrected chi connectivity index (χ0v) is 12.0. The molecule has 96 valence electrons. The average Bonchev–Trinajstić information content (AvgIpc) is 2.80. The van der Waals surface area contributed by atoms with E-state index in [0.717, 1.165) is 4.88 Å². The second kappa shape index (κ2) is 5.25. The highest BCUT2D eigenvalue weighted by Crippen LogP contribution is 2.23. The molecular weight excluding hydrogens is 290 g/mol. The van der Waals surface area contributed by atoms with Gasteiger partial charge in [0, 0.05) is 4.88 Å². The smallest absolute Gasteiger partial charge is 0.189 e. The summed E-state index contributed by atoms with van der Waals surface area (Å²) >= 11 is 2.71. The molecule has 18 heavy (non-hydrogen) atoms. The van der Waals surface area contributed by atoms with Gasteiger partial charge in [-0.2, -0.15) is 0 Å². The Morgan fingerprint density at radius 2 is 2.28 bits per heavy atom. The van der Waals surface area contributed by atoms with Crippen molar-refractivity contribution in [3.63, 3.8) is 0 Å². The van der Waals surface area contributed by atoms with Crippen LogP contribution in [0, 0.1) is 0 Å². The van der Waals surface area contributed by atoms with Crippen LogP contribution in [0.5, 0.6) is 0 Å². The largest absolute Gasteiger partial charge is 0.382 e. The minimum Gasteiger partial charge on any atom is -0.382 e. The quantitative estimate of drug-likeness (QED) is 0.685. The van der Waals surface area contributed by atoms with E-state index in [1.54, 1.807) is 12.3 Å². The lowest BCUT2D eigenvalue weighted by atomic mass is 10.5. The molecule has 0 aliphatic rings. The van der Waals surface area contributed by atoms with Crippen LogP contribution in [-0.2, 0) is 15.6 Å². The lowest BCUT2D eigenvalue weighted by molar-refractivity contribution is 0.594. The highest BCUT2D eigenvalue weighted by Gasteiger charge is 2.20. The van der Waals surface area contributed by atoms with Crippen LogP contribution in [0.1, 0.15) is 4.88 Å². The van der Waals surface area contributed by atoms with E-state index in [9.17, 15) is 8.42 Å². The molecule has 2 aromatic heterocycles. The molecule has 0 atom stereocenters. The third-order valence-electron chi connectivity index (χ3n) is 2.19. The Kier molecular flexibility index (Phi) is 3.88. The van der Waals surface area contributed by atoms with Gasteiger partial charge in [0.15, 0.2) is 15.0 Å². The van der Waals surface area contributed by atoms with Gasteiger partial charge in [0.25, 0.3) is 0 Å². The molecule has 8 heteroatoms. The van der Waals surface area contributed by atoms with Crippen molar-refractivity contribution in [3.8, 4) is 0 Å². The van der Waals surface area contributed by atoms with Gasteiger partial charge in [-0.05, 0) is 17.7 Å². The maximum absolute atomic E-state index is 12.2. The Bertz CT molecular complexity index is 638. The van der Waals surface area contributed by atoms with Gasteiger partial charge in [-0.25, -0.2) is 18.4 Å². The number of thioether (sulfide) groups is 1. The maximum atomic E-state index is 12.2. The number of rotatable bonds is 4. The number of hydrogen-bond donors (Lipinski definition) is 1. The van der Waals surface area contributed by atoms with Gasteiger partial charge in [0.05, 0.1) is 11.9 Å². The van der Waals surface area contributed by atoms with E-state index in [0.29, 0.717) is 5.16 Å². The van der Waals surface area contributed by atoms with Gasteiger partial charge < -0.3 is 5.73 Å². The zero-order valence-electron chi connectivity index (χ0n) is 9.53. The molecular formula is C10H11N3O2S3. The third-order valence-corrected chi connectivity index (χ3v) is 5.49. The Morgan fingerprint density at radius 1 is 1.50 bits per heavy atom. The Hall–Kier alpha value is -1.12. The van der Waals surface area contributed by atoms with E-state index in [4.69, 9.17) is 5.73 Å². The summed E-state index contributed by atoms with van der Waals surface area (Å²) in [5.74, 6) is -0.0671. The predicted octanol–water partition coefficient (Wildman–Crippen LogP) is 1.82. The van der Waals surface area contributed by atoms with Crippen molar-refractivity contribution in [2.75, 3.05) is 12.0 Å². The molecule has 2 heterocycles. The lowest BCUT2D eigenvalue weighted by Gasteiger charge is -2.06. The molecule has 0 aliphatic carbocycles. The molecule has 0 radical (unpaired) electrons. The predicted molar refractivity (Wildman–Crippen MR) is 73.4 cm³/mol. The molecule has 0 unspecified atom stereocenters. The molecule has 2 N–H and O–H groups in total. The summed E-state index contributed by atoms with van der Waals surface area (Å²) in [6, 6.07) is 3.59. The summed E-state index contributed by atoms with van der Waals surface area (Å²) < 4.78 is 24.3. The molecule has 0 aromatic carbocycles. The molecule has 0 bridgehead atoms. The standard InChI is InChI=1S/C10H11N3O2S3/c1-16-10-12-5-8(9(11)13-10)18(14,15)6-7-3-2-4-17-7/h2-5H,6H2,1H3,(H2,11,12,13). The highest BCUT2D eigenvalue weighted by molar-refractivity contribution is 7.98. The number of nitrogens with zero attached hydrogens (tertiary/aromatic N) is 2. The molecule has 2 aromatic rings. The van der Waals surface area contributed by atoms with Gasteiger partial charge in [-0.1, -0.05) is 17.8 Å². The van der Waals surface area contributed by atoms with Crippen LogP contribution in [0.2, 0.25) is 0 Å². The van der Waals surface area contributed by atoms with Crippen molar-refractivity contribution in [2.24, 2.45) is 0 Å². The van der Waals surface area contributed by atoms with Crippen LogP contribution in [0.15, 0.2) is 33.8 Å². The summed E-state index contributed by atoms with van der Waals surface area (Å²) in [5, 5.41) is 2.30. The summed E-state index contributed by atoms with van der Waals surface area (Å²) in [4.78, 5) is 8.65. The van der Waals surface area contributed by atoms with Crippen LogP contribution in [0.3, 0.4) is 0 Å². The topological polar surface area (TPSA) is 85.9 Å². The van der Waals surface area contributed by atoms with Gasteiger partial charge in [0.2, 0.25) is 0 Å². The van der Waals surface area contributed by atoms with E-state index in [1.807, 2.05) is 11.4 Å². The fourth-order valence-electron chi connectivity index (χ4n) is 1.36. The first-order valence-electron chi connectivity index (χ1n) is 4.94. The summed E-state index contributed by atoms with van der Waals surface area (Å²) in [7, 11) is -3.49. The van der Waals surface area contributed by atoms with E-state index in [1.165, 1.54) is 29.3 Å². The Balaban J connectivity index is 2.35. The first-order chi connectivity index (χ1) is 8.53. The van der Waals surface area contributed by atoms with E-state index < -0.39 is 9.84 Å². The maximum Gasteiger partial charge on any atom is 0.189 e. The summed E-state index contributed by atoms with van der Waals surface area (Å²) in [5.41, 5.74) is 5.67. The van der Waals surface area contributed by atoms with Crippen LogP contribution >= 0.6 is 23.1 Å². The van der Waals surface area contributed by atoms with Gasteiger partial charge >= 0.3 is 0 Å². The van der Waals surface area contributed by atoms with Crippen LogP contribution in [-0.4, -0.2) is 24.6 Å². The van der Waals surface area contributed by atoms with Gasteiger partial charge in [-0.15, -0.1) is 11.3 Å². The van der Waals surface area contributed by atoms with Crippen molar-refractivity contribution >= 4 is 38.8 Å². The van der Waals surface area contributed by atoms with Crippen molar-refractivity contribution in [1.29, 1.82) is 0 Å². The number of nitrogens with two attached hydrogens (primary N) is 1. The lowest BCUT2D eigenvalue weighted by Crippen LogP contribution is -2.09. The summed E-state index contributed by atoms with van der Waals surface area (Å²) in [6.45, 7) is 0. The average molecular weight is 301 g/mol. The number of sulfone groups is 1. The second-order valence-corrected chi connectivity index (χ2v) is 7.21. The number of nitrogen functional groups attached to an aromatic ring is 1. The van der Waals surface area contributed by atoms with E-state index in [2.05, 4.69) is 9.97 Å². The molecule has 0 saturated carbocycles. The third kappa shape index (κ3) is 2.82. The highest BCUT2D eigenvalue weighted by atomic mass is 32.2. The van der Waals surface area contributed by atoms with E-state index in [-0.39, 0.29) is 16.5 Å². The molecule has 0 fully saturated rings. The van der Waals surface area contributed by atoms with Crippen LogP contribution in [0.25, 0.3) is 0 Å². The van der Waals surface area contributed by atoms with Crippen molar-refractivity contribution in [1.82, 2.24) is 9.97 Å². The fraction of sp³-hybridized carbons (Fsp3) is 0.200. The second-order valence-electron chi connectivity index (χ2n) is 3.44. The Labute approximate surface area is 113 Å². The minimum atomic E-state index is -3.49. The zero-order chi connectivity index (χ0) is 13.2. The molecule has 2 rings (SSSR count). The minimum absolute atomic E-state index is 0.00547. The van der Waals surface area contributed by atoms with E-state index >= 15 is 0 Å². The van der Waals surface area contributed by atoms with Crippen molar-refractivity contribution in [2.45, 2.75) is 15.8 Å². The van der Waals surface area contributed by atoms with Gasteiger partial charge in [0.1, 0.15) is 10.7 Å². The number of aromatic nitrogens is 2. The monoisotopic (exact) mass is 301 g/mol. The van der Waals surface area contributed by atoms with Crippen molar-refractivity contribution in [3.05, 3.63) is 28.6 Å².